The summed E-state index contributed by atoms with van der Waals surface area (Å²) in [5.74, 6) is -0.194. The van der Waals surface area contributed by atoms with Crippen molar-refractivity contribution < 1.29 is 9.32 Å². The zero-order valence-electron chi connectivity index (χ0n) is 3.60. The molecule has 0 aliphatic rings. The molecule has 0 aromatic carbocycles. The van der Waals surface area contributed by atoms with Crippen LogP contribution in [0.15, 0.2) is 0 Å². The summed E-state index contributed by atoms with van der Waals surface area (Å²) in [5, 5.41) is 0. The van der Waals surface area contributed by atoms with Crippen LogP contribution in [-0.2, 0) is 9.32 Å². The van der Waals surface area contributed by atoms with E-state index in [0.29, 0.717) is 6.32 Å². The van der Waals surface area contributed by atoms with Gasteiger partial charge in [0.1, 0.15) is 7.85 Å². The van der Waals surface area contributed by atoms with Gasteiger partial charge in [0.05, 0.1) is 9.47 Å². The first kappa shape index (κ1) is 5.96. The summed E-state index contributed by atoms with van der Waals surface area (Å²) >= 11 is 0. The highest BCUT2D eigenvalue weighted by molar-refractivity contribution is 7.10. The van der Waals surface area contributed by atoms with E-state index in [0.717, 1.165) is 0 Å². The van der Waals surface area contributed by atoms with E-state index in [1.807, 2.05) is 9.47 Å². The van der Waals surface area contributed by atoms with Gasteiger partial charge in [0.15, 0.2) is 0 Å². The van der Waals surface area contributed by atoms with Gasteiger partial charge >= 0.3 is 0 Å². The average molecular weight is 104 g/mol. The quantitative estimate of drug-likeness (QED) is 0.327. The first-order valence-electron chi connectivity index (χ1n) is 1.70. The Balaban J connectivity index is 2.99. The molecule has 0 aromatic heterocycles. The van der Waals surface area contributed by atoms with Gasteiger partial charge in [-0.3, -0.25) is 4.79 Å². The normalized spacial score (nSPS) is 7.50. The first-order chi connectivity index (χ1) is 2.81. The van der Waals surface area contributed by atoms with Crippen LogP contribution in [0.1, 0.15) is 0 Å². The van der Waals surface area contributed by atoms with E-state index < -0.39 is 0 Å². The van der Waals surface area contributed by atoms with Gasteiger partial charge in [0.2, 0.25) is 0 Å². The molecule has 1 atom stereocenters. The zero-order chi connectivity index (χ0) is 4.99. The molecule has 2 nitrogen and oxygen atoms in total. The van der Waals surface area contributed by atoms with Gasteiger partial charge in [0.25, 0.3) is 5.97 Å². The second-order valence-corrected chi connectivity index (χ2v) is 1.08. The minimum Gasteiger partial charge on any atom is -0.452 e. The molecular formula is C2H6BO2P. The Kier molecular flexibility index (Phi) is 3.15. The predicted molar refractivity (Wildman–Crippen MR) is 29.2 cm³/mol. The highest BCUT2D eigenvalue weighted by Gasteiger charge is 1.88. The van der Waals surface area contributed by atoms with Crippen molar-refractivity contribution in [1.82, 2.24) is 0 Å². The number of hydrogen-bond donors (Lipinski definition) is 0. The van der Waals surface area contributed by atoms with Crippen LogP contribution in [0.3, 0.4) is 0 Å². The number of hydrogen-bond acceptors (Lipinski definition) is 2. The molecule has 0 saturated carbocycles. The van der Waals surface area contributed by atoms with Gasteiger partial charge in [-0.1, -0.05) is 0 Å². The Bertz CT molecular complexity index is 49.5. The Morgan fingerprint density at radius 3 is 2.50 bits per heavy atom. The van der Waals surface area contributed by atoms with Crippen LogP contribution in [0.4, 0.5) is 0 Å². The van der Waals surface area contributed by atoms with Gasteiger partial charge in [-0.15, -0.1) is 0 Å². The Labute approximate surface area is 39.9 Å². The third kappa shape index (κ3) is 2.22. The van der Waals surface area contributed by atoms with E-state index in [4.69, 9.17) is 0 Å². The standard InChI is InChI=1S/C2H6BO2P/c3-1-2(4)5-6/h1,3,6H2. The molecule has 0 aromatic rings. The highest BCUT2D eigenvalue weighted by atomic mass is 31.0. The van der Waals surface area contributed by atoms with Crippen molar-refractivity contribution in [2.24, 2.45) is 0 Å². The summed E-state index contributed by atoms with van der Waals surface area (Å²) in [4.78, 5) is 9.94. The van der Waals surface area contributed by atoms with Crippen LogP contribution in [0.25, 0.3) is 0 Å². The SMILES string of the molecule is BCC(=O)OP. The maximum Gasteiger partial charge on any atom is 0.299 e. The molecule has 0 saturated heterocycles. The molecule has 0 amide bonds. The highest BCUT2D eigenvalue weighted by Crippen LogP contribution is 1.87. The largest absolute Gasteiger partial charge is 0.452 e. The van der Waals surface area contributed by atoms with Crippen LogP contribution in [0, 0.1) is 0 Å². The molecule has 34 valence electrons. The van der Waals surface area contributed by atoms with Crippen molar-refractivity contribution in [2.45, 2.75) is 6.32 Å². The Morgan fingerprint density at radius 2 is 2.50 bits per heavy atom. The third-order valence-corrected chi connectivity index (χ3v) is 0.683. The van der Waals surface area contributed by atoms with E-state index in [1.165, 1.54) is 0 Å². The van der Waals surface area contributed by atoms with Gasteiger partial charge in [0, 0.05) is 6.32 Å². The molecular weight excluding hydrogens is 97.8 g/mol. The first-order valence-corrected chi connectivity index (χ1v) is 2.18. The van der Waals surface area contributed by atoms with Crippen LogP contribution in [0.5, 0.6) is 0 Å². The van der Waals surface area contributed by atoms with Crippen LogP contribution < -0.4 is 0 Å². The van der Waals surface area contributed by atoms with Crippen molar-refractivity contribution in [1.29, 1.82) is 0 Å². The topological polar surface area (TPSA) is 26.3 Å². The molecule has 0 spiro atoms. The molecule has 4 heteroatoms. The van der Waals surface area contributed by atoms with Gasteiger partial charge < -0.3 is 4.52 Å². The van der Waals surface area contributed by atoms with Crippen molar-refractivity contribution in [3.8, 4) is 0 Å². The third-order valence-electron chi connectivity index (χ3n) is 0.420. The fourth-order valence-electron chi connectivity index (χ4n) is 0.0833. The number of carbonyl (C=O) groups is 1. The van der Waals surface area contributed by atoms with Crippen molar-refractivity contribution in [3.63, 3.8) is 0 Å². The summed E-state index contributed by atoms with van der Waals surface area (Å²) in [6.07, 6.45) is 0.448. The monoisotopic (exact) mass is 104 g/mol. The van der Waals surface area contributed by atoms with Crippen LogP contribution in [-0.4, -0.2) is 13.8 Å². The fourth-order valence-corrected chi connectivity index (χ4v) is 0.250. The van der Waals surface area contributed by atoms with Crippen molar-refractivity contribution in [3.05, 3.63) is 0 Å². The molecule has 0 aliphatic carbocycles. The van der Waals surface area contributed by atoms with Crippen LogP contribution >= 0.6 is 9.47 Å². The average Bonchev–Trinajstić information content (AvgIpc) is 1.65. The summed E-state index contributed by atoms with van der Waals surface area (Å²) in [7, 11) is 3.63. The minimum atomic E-state index is -0.194. The van der Waals surface area contributed by atoms with E-state index in [1.54, 1.807) is 7.85 Å². The smallest absolute Gasteiger partial charge is 0.299 e. The molecule has 1 unspecified atom stereocenters. The van der Waals surface area contributed by atoms with E-state index in [2.05, 4.69) is 4.52 Å². The lowest BCUT2D eigenvalue weighted by molar-refractivity contribution is -0.130. The van der Waals surface area contributed by atoms with Crippen LogP contribution in [0.2, 0.25) is 6.32 Å². The Hall–Kier alpha value is -0.0351. The molecule has 0 radical (unpaired) electrons. The Morgan fingerprint density at radius 1 is 2.00 bits per heavy atom. The molecule has 0 heterocycles. The molecule has 0 N–H and O–H groups in total. The van der Waals surface area contributed by atoms with E-state index in [-0.39, 0.29) is 5.97 Å². The lowest BCUT2D eigenvalue weighted by atomic mass is 10.1. The molecule has 0 rings (SSSR count). The maximum atomic E-state index is 9.94. The molecule has 6 heavy (non-hydrogen) atoms. The second-order valence-electron chi connectivity index (χ2n) is 0.843. The molecule has 0 aliphatic heterocycles. The zero-order valence-corrected chi connectivity index (χ0v) is 4.76. The summed E-state index contributed by atoms with van der Waals surface area (Å²) in [6, 6.07) is 0. The minimum absolute atomic E-state index is 0.194. The maximum absolute atomic E-state index is 9.94. The second kappa shape index (κ2) is 3.17. The lowest BCUT2D eigenvalue weighted by Gasteiger charge is -1.86. The van der Waals surface area contributed by atoms with E-state index >= 15 is 0 Å². The summed E-state index contributed by atoms with van der Waals surface area (Å²) < 4.78 is 4.18. The van der Waals surface area contributed by atoms with Gasteiger partial charge in [-0.2, -0.15) is 0 Å². The van der Waals surface area contributed by atoms with Gasteiger partial charge in [-0.25, -0.2) is 0 Å². The molecule has 0 fully saturated rings. The number of rotatable bonds is 1. The van der Waals surface area contributed by atoms with Crippen molar-refractivity contribution in [2.75, 3.05) is 0 Å². The number of carbonyl (C=O) groups excluding carboxylic acids is 1. The fraction of sp³-hybridized carbons (Fsp3) is 0.500. The predicted octanol–water partition coefficient (Wildman–Crippen LogP) is -0.629. The summed E-state index contributed by atoms with van der Waals surface area (Å²) in [5.41, 5.74) is 0. The lowest BCUT2D eigenvalue weighted by Crippen LogP contribution is -1.91. The summed E-state index contributed by atoms with van der Waals surface area (Å²) in [6.45, 7) is 0. The van der Waals surface area contributed by atoms with Crippen molar-refractivity contribution >= 4 is 23.3 Å². The molecule has 0 bridgehead atoms. The van der Waals surface area contributed by atoms with Gasteiger partial charge in [-0.05, 0) is 0 Å². The van der Waals surface area contributed by atoms with E-state index in [9.17, 15) is 4.79 Å².